The van der Waals surface area contributed by atoms with E-state index in [9.17, 15) is 4.39 Å². The molecule has 0 fully saturated rings. The second-order valence-electron chi connectivity index (χ2n) is 4.10. The lowest BCUT2D eigenvalue weighted by Gasteiger charge is -2.13. The standard InChI is InChI=1S/C14H12BrClFN/c15-11-3-6-13(17)10(7-11)8-14(18)9-1-4-12(16)5-2-9/h1-7,14H,8,18H2. The van der Waals surface area contributed by atoms with Crippen LogP contribution in [0.25, 0.3) is 0 Å². The van der Waals surface area contributed by atoms with Crippen LogP contribution in [0.5, 0.6) is 0 Å². The van der Waals surface area contributed by atoms with Crippen molar-refractivity contribution in [3.05, 3.63) is 68.9 Å². The third kappa shape index (κ3) is 3.31. The minimum absolute atomic E-state index is 0.234. The van der Waals surface area contributed by atoms with Crippen molar-refractivity contribution >= 4 is 27.5 Å². The van der Waals surface area contributed by atoms with Gasteiger partial charge in [-0.05, 0) is 47.9 Å². The van der Waals surface area contributed by atoms with Gasteiger partial charge in [-0.1, -0.05) is 39.7 Å². The second kappa shape index (κ2) is 5.83. The molecule has 94 valence electrons. The van der Waals surface area contributed by atoms with Crippen molar-refractivity contribution in [1.82, 2.24) is 0 Å². The summed E-state index contributed by atoms with van der Waals surface area (Å²) in [4.78, 5) is 0. The Balaban J connectivity index is 2.18. The van der Waals surface area contributed by atoms with Crippen molar-refractivity contribution in [3.8, 4) is 0 Å². The zero-order chi connectivity index (χ0) is 13.1. The van der Waals surface area contributed by atoms with Crippen molar-refractivity contribution < 1.29 is 4.39 Å². The summed E-state index contributed by atoms with van der Waals surface area (Å²) in [6.07, 6.45) is 0.451. The van der Waals surface area contributed by atoms with Crippen LogP contribution in [0.2, 0.25) is 5.02 Å². The van der Waals surface area contributed by atoms with Crippen molar-refractivity contribution in [2.24, 2.45) is 5.73 Å². The summed E-state index contributed by atoms with van der Waals surface area (Å²) in [6, 6.07) is 11.9. The monoisotopic (exact) mass is 327 g/mol. The van der Waals surface area contributed by atoms with Gasteiger partial charge in [-0.2, -0.15) is 0 Å². The number of hydrogen-bond donors (Lipinski definition) is 1. The molecule has 0 aliphatic heterocycles. The van der Waals surface area contributed by atoms with Crippen LogP contribution in [0, 0.1) is 5.82 Å². The van der Waals surface area contributed by atoms with Crippen LogP contribution in [0.3, 0.4) is 0 Å². The van der Waals surface area contributed by atoms with E-state index in [0.29, 0.717) is 17.0 Å². The topological polar surface area (TPSA) is 26.0 Å². The van der Waals surface area contributed by atoms with E-state index in [-0.39, 0.29) is 11.9 Å². The number of nitrogens with two attached hydrogens (primary N) is 1. The number of hydrogen-bond acceptors (Lipinski definition) is 1. The molecule has 0 bridgehead atoms. The van der Waals surface area contributed by atoms with E-state index in [1.807, 2.05) is 12.1 Å². The van der Waals surface area contributed by atoms with Gasteiger partial charge in [0.1, 0.15) is 5.82 Å². The van der Waals surface area contributed by atoms with Gasteiger partial charge in [0, 0.05) is 15.5 Å². The SMILES string of the molecule is NC(Cc1cc(Br)ccc1F)c1ccc(Cl)cc1. The lowest BCUT2D eigenvalue weighted by molar-refractivity contribution is 0.593. The third-order valence-electron chi connectivity index (χ3n) is 2.75. The molecular formula is C14H12BrClFN. The van der Waals surface area contributed by atoms with Gasteiger partial charge in [0.15, 0.2) is 0 Å². The average molecular weight is 329 g/mol. The molecule has 0 saturated heterocycles. The van der Waals surface area contributed by atoms with Gasteiger partial charge in [-0.15, -0.1) is 0 Å². The minimum Gasteiger partial charge on any atom is -0.324 e. The Hall–Kier alpha value is -0.900. The quantitative estimate of drug-likeness (QED) is 0.883. The molecule has 4 heteroatoms. The summed E-state index contributed by atoms with van der Waals surface area (Å²) in [7, 11) is 0. The van der Waals surface area contributed by atoms with Gasteiger partial charge < -0.3 is 5.73 Å². The Labute approximate surface area is 119 Å². The van der Waals surface area contributed by atoms with Crippen molar-refractivity contribution in [2.45, 2.75) is 12.5 Å². The van der Waals surface area contributed by atoms with E-state index in [0.717, 1.165) is 10.0 Å². The molecule has 2 aromatic carbocycles. The molecule has 0 saturated carbocycles. The van der Waals surface area contributed by atoms with Crippen LogP contribution < -0.4 is 5.73 Å². The lowest BCUT2D eigenvalue weighted by atomic mass is 9.99. The molecule has 0 radical (unpaired) electrons. The van der Waals surface area contributed by atoms with E-state index in [1.54, 1.807) is 24.3 Å². The van der Waals surface area contributed by atoms with Gasteiger partial charge in [0.2, 0.25) is 0 Å². The Morgan fingerprint density at radius 2 is 1.83 bits per heavy atom. The highest BCUT2D eigenvalue weighted by molar-refractivity contribution is 9.10. The first-order valence-corrected chi connectivity index (χ1v) is 6.68. The predicted molar refractivity (Wildman–Crippen MR) is 76.2 cm³/mol. The lowest BCUT2D eigenvalue weighted by Crippen LogP contribution is -2.14. The van der Waals surface area contributed by atoms with Crippen LogP contribution in [-0.2, 0) is 6.42 Å². The molecule has 0 heterocycles. The highest BCUT2D eigenvalue weighted by Gasteiger charge is 2.10. The highest BCUT2D eigenvalue weighted by Crippen LogP contribution is 2.22. The maximum Gasteiger partial charge on any atom is 0.126 e. The summed E-state index contributed by atoms with van der Waals surface area (Å²) in [6.45, 7) is 0. The Morgan fingerprint density at radius 1 is 1.17 bits per heavy atom. The predicted octanol–water partition coefficient (Wildman–Crippen LogP) is 4.48. The Morgan fingerprint density at radius 3 is 2.50 bits per heavy atom. The molecule has 18 heavy (non-hydrogen) atoms. The maximum absolute atomic E-state index is 13.6. The van der Waals surface area contributed by atoms with E-state index in [1.165, 1.54) is 6.07 Å². The molecular weight excluding hydrogens is 317 g/mol. The van der Waals surface area contributed by atoms with Crippen LogP contribution in [-0.4, -0.2) is 0 Å². The number of rotatable bonds is 3. The Kier molecular flexibility index (Phi) is 4.38. The molecule has 2 rings (SSSR count). The summed E-state index contributed by atoms with van der Waals surface area (Å²) in [5, 5.41) is 0.666. The first-order chi connectivity index (χ1) is 8.56. The van der Waals surface area contributed by atoms with Crippen molar-refractivity contribution in [3.63, 3.8) is 0 Å². The fourth-order valence-corrected chi connectivity index (χ4v) is 2.30. The zero-order valence-corrected chi connectivity index (χ0v) is 11.9. The van der Waals surface area contributed by atoms with E-state index < -0.39 is 0 Å². The molecule has 1 nitrogen and oxygen atoms in total. The molecule has 2 N–H and O–H groups in total. The fraction of sp³-hybridized carbons (Fsp3) is 0.143. The first kappa shape index (κ1) is 13.5. The van der Waals surface area contributed by atoms with E-state index in [2.05, 4.69) is 15.9 Å². The number of halogens is 3. The molecule has 0 aromatic heterocycles. The molecule has 0 amide bonds. The zero-order valence-electron chi connectivity index (χ0n) is 9.54. The molecule has 2 aromatic rings. The summed E-state index contributed by atoms with van der Waals surface area (Å²) in [5.41, 5.74) is 7.62. The second-order valence-corrected chi connectivity index (χ2v) is 5.45. The fourth-order valence-electron chi connectivity index (χ4n) is 1.76. The van der Waals surface area contributed by atoms with Gasteiger partial charge >= 0.3 is 0 Å². The van der Waals surface area contributed by atoms with Crippen molar-refractivity contribution in [2.75, 3.05) is 0 Å². The van der Waals surface area contributed by atoms with Gasteiger partial charge in [-0.3, -0.25) is 0 Å². The van der Waals surface area contributed by atoms with Crippen LogP contribution >= 0.6 is 27.5 Å². The highest BCUT2D eigenvalue weighted by atomic mass is 79.9. The Bertz CT molecular complexity index is 542. The molecule has 0 spiro atoms. The molecule has 0 aliphatic rings. The van der Waals surface area contributed by atoms with Gasteiger partial charge in [-0.25, -0.2) is 4.39 Å². The van der Waals surface area contributed by atoms with Crippen LogP contribution in [0.4, 0.5) is 4.39 Å². The summed E-state index contributed by atoms with van der Waals surface area (Å²) < 4.78 is 14.5. The summed E-state index contributed by atoms with van der Waals surface area (Å²) >= 11 is 9.14. The van der Waals surface area contributed by atoms with Crippen molar-refractivity contribution in [1.29, 1.82) is 0 Å². The average Bonchev–Trinajstić information content (AvgIpc) is 2.34. The van der Waals surface area contributed by atoms with Gasteiger partial charge in [0.25, 0.3) is 0 Å². The largest absolute Gasteiger partial charge is 0.324 e. The minimum atomic E-state index is -0.244. The van der Waals surface area contributed by atoms with Gasteiger partial charge in [0.05, 0.1) is 0 Å². The summed E-state index contributed by atoms with van der Waals surface area (Å²) in [5.74, 6) is -0.234. The first-order valence-electron chi connectivity index (χ1n) is 5.51. The molecule has 0 aliphatic carbocycles. The normalized spacial score (nSPS) is 12.4. The smallest absolute Gasteiger partial charge is 0.126 e. The maximum atomic E-state index is 13.6. The van der Waals surface area contributed by atoms with Crippen LogP contribution in [0.15, 0.2) is 46.9 Å². The molecule has 1 unspecified atom stereocenters. The third-order valence-corrected chi connectivity index (χ3v) is 3.49. The molecule has 1 atom stereocenters. The number of benzene rings is 2. The van der Waals surface area contributed by atoms with E-state index in [4.69, 9.17) is 17.3 Å². The van der Waals surface area contributed by atoms with Crippen LogP contribution in [0.1, 0.15) is 17.2 Å². The van der Waals surface area contributed by atoms with E-state index >= 15 is 0 Å².